The fraction of sp³-hybridized carbons (Fsp3) is 0.400. The molecule has 1 aromatic rings. The van der Waals surface area contributed by atoms with Crippen molar-refractivity contribution in [3.05, 3.63) is 38.3 Å². The Morgan fingerprint density at radius 3 is 2.81 bits per heavy atom. The topological polar surface area (TPSA) is 72.4 Å². The number of rotatable bonds is 3. The summed E-state index contributed by atoms with van der Waals surface area (Å²) in [5, 5.41) is 10.7. The number of likely N-dealkylation sites (tertiary alicyclic amines) is 1. The Bertz CT molecular complexity index is 419. The third-order valence-corrected chi connectivity index (χ3v) is 3.27. The minimum atomic E-state index is -0.380. The number of hydrogen-bond acceptors (Lipinski definition) is 4. The van der Waals surface area contributed by atoms with Gasteiger partial charge in [0.25, 0.3) is 5.69 Å². The molecule has 6 heteroatoms. The van der Waals surface area contributed by atoms with Crippen molar-refractivity contribution in [1.82, 2.24) is 4.90 Å². The molecule has 1 aliphatic heterocycles. The first kappa shape index (κ1) is 11.5. The zero-order valence-electron chi connectivity index (χ0n) is 8.60. The second-order valence-corrected chi connectivity index (χ2v) is 4.85. The molecule has 86 valence electrons. The van der Waals surface area contributed by atoms with Crippen LogP contribution in [0.25, 0.3) is 0 Å². The second-order valence-electron chi connectivity index (χ2n) is 4.00. The molecule has 1 fully saturated rings. The van der Waals surface area contributed by atoms with Crippen molar-refractivity contribution >= 4 is 21.6 Å². The van der Waals surface area contributed by atoms with E-state index in [4.69, 9.17) is 5.73 Å². The monoisotopic (exact) mass is 285 g/mol. The summed E-state index contributed by atoms with van der Waals surface area (Å²) < 4.78 is 0.515. The molecule has 0 saturated carbocycles. The first-order chi connectivity index (χ1) is 7.56. The molecule has 1 heterocycles. The van der Waals surface area contributed by atoms with Gasteiger partial charge in [-0.2, -0.15) is 0 Å². The standard InChI is InChI=1S/C10H12BrN3O2/c11-9-2-1-7(3-10(9)14(15)16)4-13-5-8(12)6-13/h1-3,8H,4-6,12H2. The number of nitrogens with zero attached hydrogens (tertiary/aromatic N) is 2. The van der Waals surface area contributed by atoms with E-state index in [-0.39, 0.29) is 16.7 Å². The first-order valence-corrected chi connectivity index (χ1v) is 5.76. The molecular formula is C10H12BrN3O2. The maximum atomic E-state index is 10.7. The van der Waals surface area contributed by atoms with Gasteiger partial charge in [-0.15, -0.1) is 0 Å². The quantitative estimate of drug-likeness (QED) is 0.675. The Balaban J connectivity index is 2.10. The van der Waals surface area contributed by atoms with Crippen LogP contribution < -0.4 is 5.73 Å². The van der Waals surface area contributed by atoms with E-state index < -0.39 is 0 Å². The van der Waals surface area contributed by atoms with Crippen LogP contribution in [0, 0.1) is 10.1 Å². The maximum absolute atomic E-state index is 10.7. The van der Waals surface area contributed by atoms with Gasteiger partial charge in [0.15, 0.2) is 0 Å². The summed E-state index contributed by atoms with van der Waals surface area (Å²) in [4.78, 5) is 12.5. The third kappa shape index (κ3) is 2.40. The molecule has 2 N–H and O–H groups in total. The van der Waals surface area contributed by atoms with Gasteiger partial charge >= 0.3 is 0 Å². The highest BCUT2D eigenvalue weighted by Crippen LogP contribution is 2.26. The van der Waals surface area contributed by atoms with Crippen LogP contribution in [0.4, 0.5) is 5.69 Å². The molecule has 1 aliphatic rings. The predicted octanol–water partition coefficient (Wildman–Crippen LogP) is 1.50. The SMILES string of the molecule is NC1CN(Cc2ccc(Br)c([N+](=O)[O-])c2)C1. The van der Waals surface area contributed by atoms with Gasteiger partial charge in [-0.1, -0.05) is 6.07 Å². The summed E-state index contributed by atoms with van der Waals surface area (Å²) in [5.74, 6) is 0. The molecular weight excluding hydrogens is 274 g/mol. The molecule has 0 aromatic heterocycles. The van der Waals surface area contributed by atoms with Crippen LogP contribution in [-0.4, -0.2) is 29.0 Å². The van der Waals surface area contributed by atoms with E-state index in [1.807, 2.05) is 6.07 Å². The van der Waals surface area contributed by atoms with Gasteiger partial charge in [-0.05, 0) is 27.6 Å². The third-order valence-electron chi connectivity index (χ3n) is 2.60. The van der Waals surface area contributed by atoms with Crippen LogP contribution >= 0.6 is 15.9 Å². The van der Waals surface area contributed by atoms with E-state index in [9.17, 15) is 10.1 Å². The molecule has 0 atom stereocenters. The second kappa shape index (κ2) is 4.48. The minimum absolute atomic E-state index is 0.113. The van der Waals surface area contributed by atoms with E-state index in [1.165, 1.54) is 0 Å². The van der Waals surface area contributed by atoms with E-state index in [1.54, 1.807) is 12.1 Å². The molecule has 0 bridgehead atoms. The van der Waals surface area contributed by atoms with Crippen molar-refractivity contribution in [2.45, 2.75) is 12.6 Å². The largest absolute Gasteiger partial charge is 0.325 e. The summed E-state index contributed by atoms with van der Waals surface area (Å²) in [7, 11) is 0. The zero-order chi connectivity index (χ0) is 11.7. The fourth-order valence-corrected chi connectivity index (χ4v) is 2.19. The number of hydrogen-bond donors (Lipinski definition) is 1. The molecule has 0 radical (unpaired) electrons. The molecule has 1 aromatic carbocycles. The number of halogens is 1. The van der Waals surface area contributed by atoms with E-state index in [0.29, 0.717) is 4.47 Å². The van der Waals surface area contributed by atoms with Gasteiger partial charge in [0.1, 0.15) is 0 Å². The number of nitro groups is 1. The van der Waals surface area contributed by atoms with Gasteiger partial charge in [0.05, 0.1) is 9.40 Å². The summed E-state index contributed by atoms with van der Waals surface area (Å²) in [6.07, 6.45) is 0. The van der Waals surface area contributed by atoms with Crippen LogP contribution in [0.5, 0.6) is 0 Å². The number of benzene rings is 1. The summed E-state index contributed by atoms with van der Waals surface area (Å²) in [6.45, 7) is 2.45. The molecule has 5 nitrogen and oxygen atoms in total. The van der Waals surface area contributed by atoms with Gasteiger partial charge in [-0.25, -0.2) is 0 Å². The zero-order valence-corrected chi connectivity index (χ0v) is 10.2. The Kier molecular flexibility index (Phi) is 3.22. The lowest BCUT2D eigenvalue weighted by Crippen LogP contribution is -2.54. The summed E-state index contributed by atoms with van der Waals surface area (Å²) >= 11 is 3.16. The lowest BCUT2D eigenvalue weighted by molar-refractivity contribution is -0.385. The van der Waals surface area contributed by atoms with E-state index >= 15 is 0 Å². The molecule has 1 saturated heterocycles. The lowest BCUT2D eigenvalue weighted by Gasteiger charge is -2.36. The van der Waals surface area contributed by atoms with Crippen LogP contribution in [-0.2, 0) is 6.54 Å². The van der Waals surface area contributed by atoms with Crippen molar-refractivity contribution in [1.29, 1.82) is 0 Å². The van der Waals surface area contributed by atoms with Crippen molar-refractivity contribution in [3.8, 4) is 0 Å². The van der Waals surface area contributed by atoms with Crippen LogP contribution in [0.1, 0.15) is 5.56 Å². The average Bonchev–Trinajstić information content (AvgIpc) is 2.18. The Labute approximate surface area is 102 Å². The maximum Gasteiger partial charge on any atom is 0.283 e. The molecule has 0 aliphatic carbocycles. The van der Waals surface area contributed by atoms with Crippen molar-refractivity contribution in [2.24, 2.45) is 5.73 Å². The smallest absolute Gasteiger partial charge is 0.283 e. The van der Waals surface area contributed by atoms with E-state index in [2.05, 4.69) is 20.8 Å². The minimum Gasteiger partial charge on any atom is -0.325 e. The van der Waals surface area contributed by atoms with E-state index in [0.717, 1.165) is 25.2 Å². The Morgan fingerprint density at radius 2 is 2.25 bits per heavy atom. The van der Waals surface area contributed by atoms with Crippen LogP contribution in [0.15, 0.2) is 22.7 Å². The summed E-state index contributed by atoms with van der Waals surface area (Å²) in [5.41, 5.74) is 6.73. The van der Waals surface area contributed by atoms with Crippen molar-refractivity contribution in [2.75, 3.05) is 13.1 Å². The van der Waals surface area contributed by atoms with Gasteiger partial charge < -0.3 is 5.73 Å². The van der Waals surface area contributed by atoms with Crippen molar-refractivity contribution in [3.63, 3.8) is 0 Å². The Hall–Kier alpha value is -0.980. The lowest BCUT2D eigenvalue weighted by atomic mass is 10.1. The first-order valence-electron chi connectivity index (χ1n) is 4.97. The van der Waals surface area contributed by atoms with Gasteiger partial charge in [-0.3, -0.25) is 15.0 Å². The highest BCUT2D eigenvalue weighted by Gasteiger charge is 2.23. The highest BCUT2D eigenvalue weighted by molar-refractivity contribution is 9.10. The molecule has 0 amide bonds. The van der Waals surface area contributed by atoms with Gasteiger partial charge in [0.2, 0.25) is 0 Å². The molecule has 0 spiro atoms. The Morgan fingerprint density at radius 1 is 1.56 bits per heavy atom. The molecule has 0 unspecified atom stereocenters. The predicted molar refractivity (Wildman–Crippen MR) is 64.0 cm³/mol. The number of nitrogens with two attached hydrogens (primary N) is 1. The normalized spacial score (nSPS) is 17.1. The van der Waals surface area contributed by atoms with Crippen LogP contribution in [0.3, 0.4) is 0 Å². The van der Waals surface area contributed by atoms with Gasteiger partial charge in [0, 0.05) is 31.7 Å². The number of nitro benzene ring substituents is 1. The van der Waals surface area contributed by atoms with Crippen molar-refractivity contribution < 1.29 is 4.92 Å². The highest BCUT2D eigenvalue weighted by atomic mass is 79.9. The molecule has 2 rings (SSSR count). The fourth-order valence-electron chi connectivity index (χ4n) is 1.79. The molecule has 16 heavy (non-hydrogen) atoms. The van der Waals surface area contributed by atoms with Crippen LogP contribution in [0.2, 0.25) is 0 Å². The summed E-state index contributed by atoms with van der Waals surface area (Å²) in [6, 6.07) is 5.47. The average molecular weight is 286 g/mol.